The van der Waals surface area contributed by atoms with Gasteiger partial charge in [-0.25, -0.2) is 0 Å². The van der Waals surface area contributed by atoms with E-state index >= 15 is 0 Å². The summed E-state index contributed by atoms with van der Waals surface area (Å²) in [6, 6.07) is 8.58. The van der Waals surface area contributed by atoms with Crippen molar-refractivity contribution in [1.29, 1.82) is 0 Å². The number of nitrogens with two attached hydrogens (primary N) is 1. The molecule has 2 rings (SSSR count). The molecule has 0 atom stereocenters. The molecule has 3 heteroatoms. The Morgan fingerprint density at radius 1 is 1.31 bits per heavy atom. The summed E-state index contributed by atoms with van der Waals surface area (Å²) in [7, 11) is 0. The van der Waals surface area contributed by atoms with Crippen molar-refractivity contribution >= 4 is 37.4 Å². The zero-order valence-electron chi connectivity index (χ0n) is 7.09. The summed E-state index contributed by atoms with van der Waals surface area (Å²) in [4.78, 5) is 1.37. The summed E-state index contributed by atoms with van der Waals surface area (Å²) in [5.41, 5.74) is 5.51. The van der Waals surface area contributed by atoms with Gasteiger partial charge in [0.05, 0.1) is 0 Å². The lowest BCUT2D eigenvalue weighted by Crippen LogP contribution is -2.00. The van der Waals surface area contributed by atoms with Crippen LogP contribution in [0.1, 0.15) is 4.88 Å². The third kappa shape index (κ3) is 1.93. The average Bonchev–Trinajstić information content (AvgIpc) is 2.46. The van der Waals surface area contributed by atoms with Crippen LogP contribution in [-0.2, 0) is 6.42 Å². The number of fused-ring (bicyclic) bond motifs is 1. The summed E-state index contributed by atoms with van der Waals surface area (Å²) in [6.07, 6.45) is 0.983. The minimum atomic E-state index is 0.730. The predicted octanol–water partition coefficient (Wildman–Crippen LogP) is 3.17. The fourth-order valence-corrected chi connectivity index (χ4v) is 2.96. The lowest BCUT2D eigenvalue weighted by atomic mass is 10.2. The van der Waals surface area contributed by atoms with Crippen molar-refractivity contribution in [3.63, 3.8) is 0 Å². The molecule has 0 spiro atoms. The van der Waals surface area contributed by atoms with E-state index in [2.05, 4.69) is 40.2 Å². The van der Waals surface area contributed by atoms with Gasteiger partial charge in [0.1, 0.15) is 0 Å². The number of hydrogen-bond donors (Lipinski definition) is 1. The maximum Gasteiger partial charge on any atom is 0.0356 e. The fourth-order valence-electron chi connectivity index (χ4n) is 1.33. The molecule has 1 nitrogen and oxygen atoms in total. The van der Waals surface area contributed by atoms with Crippen LogP contribution in [0.25, 0.3) is 10.1 Å². The Bertz CT molecular complexity index is 422. The molecule has 2 N–H and O–H groups in total. The van der Waals surface area contributed by atoms with Crippen molar-refractivity contribution in [1.82, 2.24) is 0 Å². The molecule has 68 valence electrons. The Morgan fingerprint density at radius 2 is 2.15 bits per heavy atom. The second kappa shape index (κ2) is 3.78. The molecule has 0 unspecified atom stereocenters. The van der Waals surface area contributed by atoms with Crippen molar-refractivity contribution in [2.24, 2.45) is 5.73 Å². The van der Waals surface area contributed by atoms with Gasteiger partial charge in [-0.05, 0) is 36.6 Å². The molecule has 0 amide bonds. The Morgan fingerprint density at radius 3 is 2.92 bits per heavy atom. The van der Waals surface area contributed by atoms with Gasteiger partial charge in [-0.2, -0.15) is 0 Å². The van der Waals surface area contributed by atoms with E-state index in [1.165, 1.54) is 15.0 Å². The Kier molecular flexibility index (Phi) is 2.67. The molecule has 0 saturated heterocycles. The third-order valence-corrected chi connectivity index (χ3v) is 3.57. The summed E-state index contributed by atoms with van der Waals surface area (Å²) in [5.74, 6) is 0. The summed E-state index contributed by atoms with van der Waals surface area (Å²) in [6.45, 7) is 0.730. The van der Waals surface area contributed by atoms with Crippen LogP contribution in [0.5, 0.6) is 0 Å². The fraction of sp³-hybridized carbons (Fsp3) is 0.200. The molecular weight excluding hydrogens is 246 g/mol. The minimum absolute atomic E-state index is 0.730. The van der Waals surface area contributed by atoms with Gasteiger partial charge in [0.25, 0.3) is 0 Å². The van der Waals surface area contributed by atoms with Crippen LogP contribution >= 0.6 is 27.3 Å². The topological polar surface area (TPSA) is 26.0 Å². The third-order valence-electron chi connectivity index (χ3n) is 1.92. The Labute approximate surface area is 89.7 Å². The monoisotopic (exact) mass is 255 g/mol. The molecule has 0 saturated carbocycles. The second-order valence-corrected chi connectivity index (χ2v) is 5.02. The van der Waals surface area contributed by atoms with E-state index in [1.54, 1.807) is 0 Å². The van der Waals surface area contributed by atoms with Gasteiger partial charge in [0.15, 0.2) is 0 Å². The molecule has 1 aromatic carbocycles. The van der Waals surface area contributed by atoms with Crippen LogP contribution in [0, 0.1) is 0 Å². The number of halogens is 1. The summed E-state index contributed by atoms with van der Waals surface area (Å²) >= 11 is 5.29. The molecule has 0 fully saturated rings. The van der Waals surface area contributed by atoms with E-state index in [0.717, 1.165) is 17.4 Å². The smallest absolute Gasteiger partial charge is 0.0356 e. The second-order valence-electron chi connectivity index (χ2n) is 2.93. The SMILES string of the molecule is NCCc1cc2ccc(Br)cc2s1. The quantitative estimate of drug-likeness (QED) is 0.877. The number of benzene rings is 1. The van der Waals surface area contributed by atoms with E-state index in [9.17, 15) is 0 Å². The molecule has 13 heavy (non-hydrogen) atoms. The zero-order valence-corrected chi connectivity index (χ0v) is 9.49. The van der Waals surface area contributed by atoms with Crippen molar-refractivity contribution < 1.29 is 0 Å². The number of rotatable bonds is 2. The maximum absolute atomic E-state index is 5.51. The normalized spacial score (nSPS) is 10.9. The highest BCUT2D eigenvalue weighted by Gasteiger charge is 2.00. The molecule has 1 heterocycles. The first-order chi connectivity index (χ1) is 6.29. The highest BCUT2D eigenvalue weighted by Crippen LogP contribution is 2.28. The molecule has 2 aromatic rings. The van der Waals surface area contributed by atoms with E-state index in [4.69, 9.17) is 5.73 Å². The van der Waals surface area contributed by atoms with E-state index < -0.39 is 0 Å². The summed E-state index contributed by atoms with van der Waals surface area (Å²) < 4.78 is 2.47. The Hall–Kier alpha value is -0.380. The maximum atomic E-state index is 5.51. The van der Waals surface area contributed by atoms with E-state index in [1.807, 2.05) is 11.3 Å². The van der Waals surface area contributed by atoms with Gasteiger partial charge in [-0.15, -0.1) is 11.3 Å². The highest BCUT2D eigenvalue weighted by atomic mass is 79.9. The van der Waals surface area contributed by atoms with Gasteiger partial charge in [0, 0.05) is 14.0 Å². The van der Waals surface area contributed by atoms with Crippen molar-refractivity contribution in [2.75, 3.05) is 6.54 Å². The first kappa shape index (κ1) is 9.19. The first-order valence-electron chi connectivity index (χ1n) is 4.17. The van der Waals surface area contributed by atoms with Crippen LogP contribution in [0.3, 0.4) is 0 Å². The predicted molar refractivity (Wildman–Crippen MR) is 62.3 cm³/mol. The molecule has 0 aliphatic carbocycles. The van der Waals surface area contributed by atoms with E-state index in [0.29, 0.717) is 0 Å². The largest absolute Gasteiger partial charge is 0.330 e. The van der Waals surface area contributed by atoms with Gasteiger partial charge < -0.3 is 5.73 Å². The van der Waals surface area contributed by atoms with Gasteiger partial charge in [-0.3, -0.25) is 0 Å². The molecule has 0 bridgehead atoms. The molecule has 0 aliphatic rings. The van der Waals surface area contributed by atoms with Crippen LogP contribution in [0.4, 0.5) is 0 Å². The lowest BCUT2D eigenvalue weighted by molar-refractivity contribution is 0.989. The first-order valence-corrected chi connectivity index (χ1v) is 5.78. The lowest BCUT2D eigenvalue weighted by Gasteiger charge is -1.88. The Balaban J connectivity index is 2.49. The van der Waals surface area contributed by atoms with Crippen LogP contribution in [0.15, 0.2) is 28.7 Å². The van der Waals surface area contributed by atoms with Gasteiger partial charge in [0.2, 0.25) is 0 Å². The average molecular weight is 256 g/mol. The standard InChI is InChI=1S/C10H10BrNS/c11-8-2-1-7-5-9(3-4-12)13-10(7)6-8/h1-2,5-6H,3-4,12H2. The summed E-state index contributed by atoms with van der Waals surface area (Å²) in [5, 5.41) is 1.32. The highest BCUT2D eigenvalue weighted by molar-refractivity contribution is 9.10. The molecular formula is C10H10BrNS. The number of hydrogen-bond acceptors (Lipinski definition) is 2. The zero-order chi connectivity index (χ0) is 9.26. The van der Waals surface area contributed by atoms with Crippen molar-refractivity contribution in [3.8, 4) is 0 Å². The van der Waals surface area contributed by atoms with Crippen molar-refractivity contribution in [2.45, 2.75) is 6.42 Å². The molecule has 0 aliphatic heterocycles. The van der Waals surface area contributed by atoms with Gasteiger partial charge in [-0.1, -0.05) is 22.0 Å². The van der Waals surface area contributed by atoms with Crippen LogP contribution in [0.2, 0.25) is 0 Å². The van der Waals surface area contributed by atoms with Crippen LogP contribution in [-0.4, -0.2) is 6.54 Å². The minimum Gasteiger partial charge on any atom is -0.330 e. The molecule has 1 aromatic heterocycles. The molecule has 0 radical (unpaired) electrons. The van der Waals surface area contributed by atoms with Gasteiger partial charge >= 0.3 is 0 Å². The van der Waals surface area contributed by atoms with Crippen LogP contribution < -0.4 is 5.73 Å². The number of thiophene rings is 1. The van der Waals surface area contributed by atoms with Crippen molar-refractivity contribution in [3.05, 3.63) is 33.6 Å². The van der Waals surface area contributed by atoms with E-state index in [-0.39, 0.29) is 0 Å².